The van der Waals surface area contributed by atoms with Gasteiger partial charge in [0.15, 0.2) is 0 Å². The van der Waals surface area contributed by atoms with Gasteiger partial charge in [-0.2, -0.15) is 0 Å². The number of esters is 1. The zero-order valence-corrected chi connectivity index (χ0v) is 10.4. The predicted molar refractivity (Wildman–Crippen MR) is 73.1 cm³/mol. The van der Waals surface area contributed by atoms with Gasteiger partial charge in [-0.05, 0) is 42.5 Å². The van der Waals surface area contributed by atoms with Crippen LogP contribution in [0.5, 0.6) is 11.5 Å². The Kier molecular flexibility index (Phi) is 3.56. The van der Waals surface area contributed by atoms with E-state index in [0.717, 1.165) is 0 Å². The standard InChI is InChI=1S/C14H14N2O3/c1-18-14(17)12-8-11(6-7-13(12)16)19-10-4-2-9(15)3-5-10/h2-8H,15-16H2,1H3. The van der Waals surface area contributed by atoms with Crippen LogP contribution in [0.15, 0.2) is 42.5 Å². The van der Waals surface area contributed by atoms with E-state index in [1.54, 1.807) is 36.4 Å². The first-order chi connectivity index (χ1) is 9.10. The van der Waals surface area contributed by atoms with Crippen LogP contribution in [0.25, 0.3) is 0 Å². The summed E-state index contributed by atoms with van der Waals surface area (Å²) < 4.78 is 10.3. The molecule has 0 aliphatic heterocycles. The first kappa shape index (κ1) is 12.8. The molecule has 0 amide bonds. The van der Waals surface area contributed by atoms with Crippen LogP contribution in [0.1, 0.15) is 10.4 Å². The number of ether oxygens (including phenoxy) is 2. The lowest BCUT2D eigenvalue weighted by Gasteiger charge is -2.09. The molecule has 98 valence electrons. The van der Waals surface area contributed by atoms with Gasteiger partial charge in [0.05, 0.1) is 12.7 Å². The van der Waals surface area contributed by atoms with Gasteiger partial charge in [-0.3, -0.25) is 0 Å². The number of carbonyl (C=O) groups excluding carboxylic acids is 1. The maximum absolute atomic E-state index is 11.5. The van der Waals surface area contributed by atoms with E-state index in [4.69, 9.17) is 16.2 Å². The van der Waals surface area contributed by atoms with E-state index in [1.165, 1.54) is 13.2 Å². The number of hydrogen-bond donors (Lipinski definition) is 2. The fourth-order valence-corrected chi connectivity index (χ4v) is 1.56. The second-order valence-electron chi connectivity index (χ2n) is 3.91. The van der Waals surface area contributed by atoms with Gasteiger partial charge in [-0.15, -0.1) is 0 Å². The number of nitrogen functional groups attached to an aromatic ring is 2. The van der Waals surface area contributed by atoms with E-state index in [2.05, 4.69) is 4.74 Å². The molecule has 2 aromatic rings. The SMILES string of the molecule is COC(=O)c1cc(Oc2ccc(N)cc2)ccc1N. The summed E-state index contributed by atoms with van der Waals surface area (Å²) in [7, 11) is 1.30. The molecule has 0 aliphatic rings. The van der Waals surface area contributed by atoms with Gasteiger partial charge in [0.1, 0.15) is 11.5 Å². The third kappa shape index (κ3) is 2.95. The van der Waals surface area contributed by atoms with Gasteiger partial charge in [0.25, 0.3) is 0 Å². The Morgan fingerprint density at radius 2 is 1.63 bits per heavy atom. The Morgan fingerprint density at radius 1 is 1.00 bits per heavy atom. The maximum atomic E-state index is 11.5. The lowest BCUT2D eigenvalue weighted by Crippen LogP contribution is -2.05. The highest BCUT2D eigenvalue weighted by molar-refractivity contribution is 5.95. The average molecular weight is 258 g/mol. The summed E-state index contributed by atoms with van der Waals surface area (Å²) in [4.78, 5) is 11.5. The second kappa shape index (κ2) is 5.30. The molecule has 0 radical (unpaired) electrons. The second-order valence-corrected chi connectivity index (χ2v) is 3.91. The summed E-state index contributed by atoms with van der Waals surface area (Å²) in [5.74, 6) is 0.620. The van der Waals surface area contributed by atoms with Gasteiger partial charge in [0, 0.05) is 11.4 Å². The van der Waals surface area contributed by atoms with Crippen molar-refractivity contribution in [2.45, 2.75) is 0 Å². The van der Waals surface area contributed by atoms with Crippen molar-refractivity contribution >= 4 is 17.3 Å². The van der Waals surface area contributed by atoms with Crippen molar-refractivity contribution < 1.29 is 14.3 Å². The first-order valence-corrected chi connectivity index (χ1v) is 5.61. The van der Waals surface area contributed by atoms with E-state index < -0.39 is 5.97 Å². The molecule has 19 heavy (non-hydrogen) atoms. The Balaban J connectivity index is 2.26. The molecule has 0 aliphatic carbocycles. The first-order valence-electron chi connectivity index (χ1n) is 5.61. The summed E-state index contributed by atoms with van der Waals surface area (Å²) in [5.41, 5.74) is 12.6. The van der Waals surface area contributed by atoms with Crippen LogP contribution in [0.3, 0.4) is 0 Å². The molecular weight excluding hydrogens is 244 g/mol. The van der Waals surface area contributed by atoms with E-state index in [9.17, 15) is 4.79 Å². The normalized spacial score (nSPS) is 9.95. The van der Waals surface area contributed by atoms with Gasteiger partial charge in [0.2, 0.25) is 0 Å². The molecule has 2 rings (SSSR count). The summed E-state index contributed by atoms with van der Waals surface area (Å²) >= 11 is 0. The number of rotatable bonds is 3. The number of anilines is 2. The number of methoxy groups -OCH3 is 1. The van der Waals surface area contributed by atoms with Crippen LogP contribution < -0.4 is 16.2 Å². The zero-order valence-electron chi connectivity index (χ0n) is 10.4. The zero-order chi connectivity index (χ0) is 13.8. The minimum Gasteiger partial charge on any atom is -0.465 e. The Bertz CT molecular complexity index is 594. The molecule has 4 N–H and O–H groups in total. The van der Waals surface area contributed by atoms with Crippen LogP contribution in [-0.2, 0) is 4.74 Å². The minimum atomic E-state index is -0.500. The Labute approximate surface area is 110 Å². The summed E-state index contributed by atoms with van der Waals surface area (Å²) in [6.45, 7) is 0. The van der Waals surface area contributed by atoms with Gasteiger partial charge >= 0.3 is 5.97 Å². The van der Waals surface area contributed by atoms with Crippen molar-refractivity contribution in [3.05, 3.63) is 48.0 Å². The molecule has 5 heteroatoms. The third-order valence-electron chi connectivity index (χ3n) is 2.55. The largest absolute Gasteiger partial charge is 0.465 e. The number of nitrogens with two attached hydrogens (primary N) is 2. The number of carbonyl (C=O) groups is 1. The number of hydrogen-bond acceptors (Lipinski definition) is 5. The lowest BCUT2D eigenvalue weighted by atomic mass is 10.1. The van der Waals surface area contributed by atoms with Gasteiger partial charge < -0.3 is 20.9 Å². The van der Waals surface area contributed by atoms with Crippen molar-refractivity contribution in [2.75, 3.05) is 18.6 Å². The molecule has 0 aromatic heterocycles. The molecule has 0 saturated heterocycles. The average Bonchev–Trinajstić information content (AvgIpc) is 2.42. The molecule has 0 spiro atoms. The molecule has 0 saturated carbocycles. The Hall–Kier alpha value is -2.69. The smallest absolute Gasteiger partial charge is 0.340 e. The van der Waals surface area contributed by atoms with Crippen LogP contribution in [-0.4, -0.2) is 13.1 Å². The van der Waals surface area contributed by atoms with Crippen LogP contribution in [0.2, 0.25) is 0 Å². The quantitative estimate of drug-likeness (QED) is 0.652. The van der Waals surface area contributed by atoms with Gasteiger partial charge in [-0.25, -0.2) is 4.79 Å². The molecule has 2 aromatic carbocycles. The van der Waals surface area contributed by atoms with E-state index in [1.807, 2.05) is 0 Å². The topological polar surface area (TPSA) is 87.6 Å². The molecular formula is C14H14N2O3. The predicted octanol–water partition coefficient (Wildman–Crippen LogP) is 2.43. The fraction of sp³-hybridized carbons (Fsp3) is 0.0714. The molecule has 0 unspecified atom stereocenters. The highest BCUT2D eigenvalue weighted by Gasteiger charge is 2.11. The van der Waals surface area contributed by atoms with Crippen LogP contribution in [0, 0.1) is 0 Å². The van der Waals surface area contributed by atoms with Crippen LogP contribution >= 0.6 is 0 Å². The van der Waals surface area contributed by atoms with E-state index >= 15 is 0 Å². The molecule has 0 fully saturated rings. The van der Waals surface area contributed by atoms with E-state index in [-0.39, 0.29) is 5.56 Å². The van der Waals surface area contributed by atoms with Crippen molar-refractivity contribution in [1.82, 2.24) is 0 Å². The van der Waals surface area contributed by atoms with Crippen LogP contribution in [0.4, 0.5) is 11.4 Å². The molecule has 0 bridgehead atoms. The van der Waals surface area contributed by atoms with Crippen molar-refractivity contribution in [3.8, 4) is 11.5 Å². The van der Waals surface area contributed by atoms with Crippen molar-refractivity contribution in [1.29, 1.82) is 0 Å². The molecule has 0 heterocycles. The van der Waals surface area contributed by atoms with E-state index in [0.29, 0.717) is 22.9 Å². The minimum absolute atomic E-state index is 0.274. The van der Waals surface area contributed by atoms with Crippen molar-refractivity contribution in [2.24, 2.45) is 0 Å². The molecule has 0 atom stereocenters. The lowest BCUT2D eigenvalue weighted by molar-refractivity contribution is 0.0601. The Morgan fingerprint density at radius 3 is 2.26 bits per heavy atom. The third-order valence-corrected chi connectivity index (χ3v) is 2.55. The summed E-state index contributed by atoms with van der Waals surface area (Å²) in [6.07, 6.45) is 0. The summed E-state index contributed by atoms with van der Waals surface area (Å²) in [5, 5.41) is 0. The molecule has 5 nitrogen and oxygen atoms in total. The maximum Gasteiger partial charge on any atom is 0.340 e. The van der Waals surface area contributed by atoms with Gasteiger partial charge in [-0.1, -0.05) is 0 Å². The highest BCUT2D eigenvalue weighted by atomic mass is 16.5. The summed E-state index contributed by atoms with van der Waals surface area (Å²) in [6, 6.07) is 11.8. The van der Waals surface area contributed by atoms with Crippen molar-refractivity contribution in [3.63, 3.8) is 0 Å². The highest BCUT2D eigenvalue weighted by Crippen LogP contribution is 2.26. The monoisotopic (exact) mass is 258 g/mol. The fourth-order valence-electron chi connectivity index (χ4n) is 1.56. The number of benzene rings is 2.